The van der Waals surface area contributed by atoms with Gasteiger partial charge in [0.1, 0.15) is 0 Å². The van der Waals surface area contributed by atoms with Gasteiger partial charge in [-0.1, -0.05) is 36.4 Å². The van der Waals surface area contributed by atoms with Crippen molar-refractivity contribution in [1.29, 1.82) is 0 Å². The van der Waals surface area contributed by atoms with Gasteiger partial charge in [0, 0.05) is 49.9 Å². The molecule has 0 unspecified atom stereocenters. The molecule has 4 rings (SSSR count). The monoisotopic (exact) mass is 489 g/mol. The van der Waals surface area contributed by atoms with E-state index in [0.29, 0.717) is 24.3 Å². The van der Waals surface area contributed by atoms with Crippen LogP contribution < -0.4 is 16.2 Å². The van der Waals surface area contributed by atoms with Crippen molar-refractivity contribution in [1.82, 2.24) is 20.0 Å². The Labute approximate surface area is 210 Å². The molecule has 0 spiro atoms. The van der Waals surface area contributed by atoms with Crippen LogP contribution in [0.3, 0.4) is 0 Å². The summed E-state index contributed by atoms with van der Waals surface area (Å²) in [6.45, 7) is 6.40. The second-order valence-electron chi connectivity index (χ2n) is 8.70. The number of piperazine rings is 1. The first-order chi connectivity index (χ1) is 17.5. The number of ketones is 1. The van der Waals surface area contributed by atoms with Crippen molar-refractivity contribution in [2.75, 3.05) is 44.6 Å². The van der Waals surface area contributed by atoms with Crippen molar-refractivity contribution < 1.29 is 14.3 Å². The topological polar surface area (TPSA) is 106 Å². The maximum Gasteiger partial charge on any atom is 0.411 e. The van der Waals surface area contributed by atoms with E-state index in [1.165, 1.54) is 10.7 Å². The minimum absolute atomic E-state index is 0.205. The van der Waals surface area contributed by atoms with Crippen LogP contribution in [0.2, 0.25) is 0 Å². The number of aromatic nitrogens is 2. The smallest absolute Gasteiger partial charge is 0.411 e. The van der Waals surface area contributed by atoms with Crippen molar-refractivity contribution in [3.8, 4) is 11.3 Å². The number of nitrogens with zero attached hydrogens (tertiary/aromatic N) is 3. The lowest BCUT2D eigenvalue weighted by molar-refractivity contribution is -0.119. The predicted octanol–water partition coefficient (Wildman–Crippen LogP) is 2.54. The summed E-state index contributed by atoms with van der Waals surface area (Å²) in [5.74, 6) is 0.205. The highest BCUT2D eigenvalue weighted by molar-refractivity contribution is 5.84. The zero-order chi connectivity index (χ0) is 25.3. The fourth-order valence-electron chi connectivity index (χ4n) is 4.12. The Morgan fingerprint density at radius 2 is 1.81 bits per heavy atom. The van der Waals surface area contributed by atoms with E-state index in [1.54, 1.807) is 31.2 Å². The number of hydrogen-bond donors (Lipinski definition) is 2. The van der Waals surface area contributed by atoms with E-state index >= 15 is 0 Å². The number of carbonyl (C=O) groups excluding carboxylic acids is 2. The SMILES string of the molecule is CCOC(=O)Nc1cccc(Cn2nc(-c3ccc(CC(=O)CN4CCNCC4)cc3)ccc2=O)c1. The maximum atomic E-state index is 12.5. The molecule has 2 N–H and O–H groups in total. The van der Waals surface area contributed by atoms with Crippen LogP contribution in [0.4, 0.5) is 10.5 Å². The first-order valence-electron chi connectivity index (χ1n) is 12.1. The molecule has 1 aliphatic rings. The van der Waals surface area contributed by atoms with E-state index in [2.05, 4.69) is 20.6 Å². The molecule has 1 amide bonds. The largest absolute Gasteiger partial charge is 0.450 e. The fraction of sp³-hybridized carbons (Fsp3) is 0.333. The number of hydrogen-bond acceptors (Lipinski definition) is 7. The number of anilines is 1. The summed E-state index contributed by atoms with van der Waals surface area (Å²) in [6.07, 6.45) is -0.131. The Balaban J connectivity index is 1.41. The number of Topliss-reactive ketones (excluding diaryl/α,β-unsaturated/α-hetero) is 1. The standard InChI is InChI=1S/C27H31N5O4/c1-2-36-27(35)29-23-5-3-4-21(16-23)18-32-26(34)11-10-25(30-32)22-8-6-20(7-9-22)17-24(33)19-31-14-12-28-13-15-31/h3-11,16,28H,2,12-15,17-19H2,1H3,(H,29,35). The minimum atomic E-state index is -0.527. The molecule has 1 aromatic heterocycles. The number of benzene rings is 2. The molecule has 3 aromatic rings. The normalized spacial score (nSPS) is 13.8. The second kappa shape index (κ2) is 12.2. The summed E-state index contributed by atoms with van der Waals surface area (Å²) in [7, 11) is 0. The molecule has 0 radical (unpaired) electrons. The zero-order valence-corrected chi connectivity index (χ0v) is 20.4. The van der Waals surface area contributed by atoms with Gasteiger partial charge in [-0.25, -0.2) is 9.48 Å². The van der Waals surface area contributed by atoms with Gasteiger partial charge in [0.2, 0.25) is 0 Å². The molecule has 2 heterocycles. The molecule has 0 atom stereocenters. The summed E-state index contributed by atoms with van der Waals surface area (Å²) >= 11 is 0. The van der Waals surface area contributed by atoms with Gasteiger partial charge < -0.3 is 10.1 Å². The highest BCUT2D eigenvalue weighted by Gasteiger charge is 2.14. The molecule has 0 saturated carbocycles. The molecule has 188 valence electrons. The molecule has 9 heteroatoms. The van der Waals surface area contributed by atoms with E-state index < -0.39 is 6.09 Å². The van der Waals surface area contributed by atoms with Gasteiger partial charge >= 0.3 is 6.09 Å². The lowest BCUT2D eigenvalue weighted by atomic mass is 10.0. The Morgan fingerprint density at radius 3 is 2.56 bits per heavy atom. The molecule has 9 nitrogen and oxygen atoms in total. The van der Waals surface area contributed by atoms with Crippen LogP contribution in [-0.4, -0.2) is 65.9 Å². The molecule has 1 aliphatic heterocycles. The van der Waals surface area contributed by atoms with Crippen LogP contribution in [0.25, 0.3) is 11.3 Å². The average molecular weight is 490 g/mol. The maximum absolute atomic E-state index is 12.5. The first-order valence-corrected chi connectivity index (χ1v) is 12.1. The number of nitrogens with one attached hydrogen (secondary N) is 2. The quantitative estimate of drug-likeness (QED) is 0.476. The highest BCUT2D eigenvalue weighted by Crippen LogP contribution is 2.18. The molecule has 0 bridgehead atoms. The van der Waals surface area contributed by atoms with E-state index in [0.717, 1.165) is 42.9 Å². The second-order valence-corrected chi connectivity index (χ2v) is 8.70. The van der Waals surface area contributed by atoms with Crippen LogP contribution in [0.15, 0.2) is 65.5 Å². The number of rotatable bonds is 9. The van der Waals surface area contributed by atoms with Gasteiger partial charge in [0.15, 0.2) is 5.78 Å². The Kier molecular flexibility index (Phi) is 8.59. The van der Waals surface area contributed by atoms with Gasteiger partial charge in [-0.2, -0.15) is 5.10 Å². The van der Waals surface area contributed by atoms with Crippen LogP contribution in [0.5, 0.6) is 0 Å². The van der Waals surface area contributed by atoms with Crippen LogP contribution in [-0.2, 0) is 22.5 Å². The summed E-state index contributed by atoms with van der Waals surface area (Å²) in [6, 6.07) is 18.1. The zero-order valence-electron chi connectivity index (χ0n) is 20.4. The van der Waals surface area contributed by atoms with Gasteiger partial charge in [0.05, 0.1) is 25.4 Å². The van der Waals surface area contributed by atoms with Crippen molar-refractivity contribution >= 4 is 17.6 Å². The van der Waals surface area contributed by atoms with Crippen LogP contribution in [0, 0.1) is 0 Å². The molecule has 1 fully saturated rings. The summed E-state index contributed by atoms with van der Waals surface area (Å²) in [5.41, 5.74) is 3.65. The Bertz CT molecular complexity index is 1250. The minimum Gasteiger partial charge on any atom is -0.450 e. The van der Waals surface area contributed by atoms with Crippen molar-refractivity contribution in [3.05, 3.63) is 82.1 Å². The number of amides is 1. The molecule has 36 heavy (non-hydrogen) atoms. The third-order valence-corrected chi connectivity index (χ3v) is 5.91. The van der Waals surface area contributed by atoms with Gasteiger partial charge in [-0.15, -0.1) is 0 Å². The Morgan fingerprint density at radius 1 is 1.03 bits per heavy atom. The molecular formula is C27H31N5O4. The average Bonchev–Trinajstić information content (AvgIpc) is 2.87. The lowest BCUT2D eigenvalue weighted by Crippen LogP contribution is -2.45. The fourth-order valence-corrected chi connectivity index (χ4v) is 4.12. The lowest BCUT2D eigenvalue weighted by Gasteiger charge is -2.26. The third-order valence-electron chi connectivity index (χ3n) is 5.91. The van der Waals surface area contributed by atoms with Crippen LogP contribution >= 0.6 is 0 Å². The van der Waals surface area contributed by atoms with Gasteiger partial charge in [0.25, 0.3) is 5.56 Å². The van der Waals surface area contributed by atoms with Gasteiger partial charge in [-0.05, 0) is 36.2 Å². The van der Waals surface area contributed by atoms with Crippen LogP contribution in [0.1, 0.15) is 18.1 Å². The Hall–Kier alpha value is -3.82. The summed E-state index contributed by atoms with van der Waals surface area (Å²) < 4.78 is 6.30. The first kappa shape index (κ1) is 25.3. The third kappa shape index (κ3) is 7.10. The van der Waals surface area contributed by atoms with Crippen molar-refractivity contribution in [3.63, 3.8) is 0 Å². The van der Waals surface area contributed by atoms with Gasteiger partial charge in [-0.3, -0.25) is 19.8 Å². The van der Waals surface area contributed by atoms with E-state index in [4.69, 9.17) is 4.74 Å². The van der Waals surface area contributed by atoms with Crippen molar-refractivity contribution in [2.45, 2.75) is 19.9 Å². The summed E-state index contributed by atoms with van der Waals surface area (Å²) in [4.78, 5) is 38.8. The number of ether oxygens (including phenoxy) is 1. The van der Waals surface area contributed by atoms with E-state index in [-0.39, 0.29) is 24.5 Å². The summed E-state index contributed by atoms with van der Waals surface area (Å²) in [5, 5.41) is 10.5. The van der Waals surface area contributed by atoms with E-state index in [9.17, 15) is 14.4 Å². The van der Waals surface area contributed by atoms with E-state index in [1.807, 2.05) is 30.3 Å². The highest BCUT2D eigenvalue weighted by atomic mass is 16.5. The molecule has 0 aliphatic carbocycles. The predicted molar refractivity (Wildman–Crippen MR) is 138 cm³/mol. The van der Waals surface area contributed by atoms with Crippen molar-refractivity contribution in [2.24, 2.45) is 0 Å². The molecule has 1 saturated heterocycles. The molecular weight excluding hydrogens is 458 g/mol. The number of carbonyl (C=O) groups is 2. The molecule has 2 aromatic carbocycles.